The Hall–Kier alpha value is -2.04. The van der Waals surface area contributed by atoms with Gasteiger partial charge < -0.3 is 10.0 Å². The number of carbonyl (C=O) groups excluding carboxylic acids is 1. The minimum atomic E-state index is -0.899. The summed E-state index contributed by atoms with van der Waals surface area (Å²) < 4.78 is 0. The molecule has 1 aromatic rings. The second-order valence-corrected chi connectivity index (χ2v) is 4.40. The first-order chi connectivity index (χ1) is 8.95. The van der Waals surface area contributed by atoms with Gasteiger partial charge in [0.15, 0.2) is 0 Å². The summed E-state index contributed by atoms with van der Waals surface area (Å²) in [6.07, 6.45) is -0.0404. The van der Waals surface area contributed by atoms with E-state index in [1.54, 1.807) is 11.9 Å². The maximum Gasteiger partial charge on any atom is 0.324 e. The maximum absolute atomic E-state index is 12.3. The fourth-order valence-corrected chi connectivity index (χ4v) is 1.78. The summed E-state index contributed by atoms with van der Waals surface area (Å²) >= 11 is 0. The first kappa shape index (κ1) is 15.0. The maximum atomic E-state index is 12.3. The highest BCUT2D eigenvalue weighted by atomic mass is 16.4. The summed E-state index contributed by atoms with van der Waals surface area (Å²) in [6, 6.07) is 7.44. The van der Waals surface area contributed by atoms with Crippen LogP contribution in [-0.4, -0.2) is 42.1 Å². The molecule has 1 aromatic carbocycles. The van der Waals surface area contributed by atoms with Crippen LogP contribution in [0.2, 0.25) is 0 Å². The molecule has 5 heteroatoms. The molecule has 0 spiro atoms. The monoisotopic (exact) mass is 264 g/mol. The number of nitrogens with zero attached hydrogens (tertiary/aromatic N) is 2. The third-order valence-corrected chi connectivity index (χ3v) is 2.92. The van der Waals surface area contributed by atoms with Crippen molar-refractivity contribution in [3.63, 3.8) is 0 Å². The Labute approximate surface area is 113 Å². The van der Waals surface area contributed by atoms with Gasteiger partial charge in [-0.25, -0.2) is 4.79 Å². The van der Waals surface area contributed by atoms with Crippen LogP contribution in [0.3, 0.4) is 0 Å². The van der Waals surface area contributed by atoms with Crippen LogP contribution in [-0.2, 0) is 4.79 Å². The summed E-state index contributed by atoms with van der Waals surface area (Å²) in [6.45, 7) is 4.51. The standard InChI is InChI=1S/C14H20N2O3/c1-4-16(9-8-13(17)18)14(19)15(3)12-7-5-6-11(2)10-12/h5-7,10H,4,8-9H2,1-3H3,(H,17,18). The Kier molecular flexibility index (Phi) is 5.36. The van der Waals surface area contributed by atoms with E-state index < -0.39 is 5.97 Å². The number of hydrogen-bond donors (Lipinski definition) is 1. The molecule has 5 nitrogen and oxygen atoms in total. The fraction of sp³-hybridized carbons (Fsp3) is 0.429. The van der Waals surface area contributed by atoms with E-state index in [2.05, 4.69) is 0 Å². The van der Waals surface area contributed by atoms with Gasteiger partial charge in [-0.3, -0.25) is 9.69 Å². The van der Waals surface area contributed by atoms with Gasteiger partial charge in [0.25, 0.3) is 0 Å². The quantitative estimate of drug-likeness (QED) is 0.888. The number of aliphatic carboxylic acids is 1. The molecule has 0 aromatic heterocycles. The molecule has 0 atom stereocenters. The summed E-state index contributed by atoms with van der Waals surface area (Å²) in [4.78, 5) is 25.9. The number of carboxylic acids is 1. The van der Waals surface area contributed by atoms with Crippen molar-refractivity contribution in [2.75, 3.05) is 25.0 Å². The van der Waals surface area contributed by atoms with Crippen LogP contribution in [0.5, 0.6) is 0 Å². The van der Waals surface area contributed by atoms with Crippen molar-refractivity contribution in [2.45, 2.75) is 20.3 Å². The molecule has 0 aliphatic carbocycles. The smallest absolute Gasteiger partial charge is 0.324 e. The van der Waals surface area contributed by atoms with Gasteiger partial charge in [0.2, 0.25) is 0 Å². The summed E-state index contributed by atoms with van der Waals surface area (Å²) in [5, 5.41) is 8.68. The van der Waals surface area contributed by atoms with E-state index in [-0.39, 0.29) is 19.0 Å². The zero-order valence-corrected chi connectivity index (χ0v) is 11.6. The van der Waals surface area contributed by atoms with Gasteiger partial charge in [0.1, 0.15) is 0 Å². The Morgan fingerprint density at radius 1 is 1.32 bits per heavy atom. The lowest BCUT2D eigenvalue weighted by atomic mass is 10.2. The molecule has 0 unspecified atom stereocenters. The average Bonchev–Trinajstić information content (AvgIpc) is 2.38. The molecular formula is C14H20N2O3. The second-order valence-electron chi connectivity index (χ2n) is 4.40. The predicted octanol–water partition coefficient (Wildman–Crippen LogP) is 2.35. The van der Waals surface area contributed by atoms with E-state index in [0.717, 1.165) is 11.3 Å². The molecule has 0 radical (unpaired) electrons. The van der Waals surface area contributed by atoms with Crippen LogP contribution in [0.4, 0.5) is 10.5 Å². The molecule has 0 bridgehead atoms. The highest BCUT2D eigenvalue weighted by Crippen LogP contribution is 2.16. The number of benzene rings is 1. The van der Waals surface area contributed by atoms with Crippen molar-refractivity contribution < 1.29 is 14.7 Å². The summed E-state index contributed by atoms with van der Waals surface area (Å²) in [7, 11) is 1.69. The number of anilines is 1. The topological polar surface area (TPSA) is 60.9 Å². The van der Waals surface area contributed by atoms with Gasteiger partial charge in [-0.2, -0.15) is 0 Å². The zero-order valence-electron chi connectivity index (χ0n) is 11.6. The van der Waals surface area contributed by atoms with Crippen molar-refractivity contribution in [1.82, 2.24) is 4.90 Å². The van der Waals surface area contributed by atoms with Crippen molar-refractivity contribution in [2.24, 2.45) is 0 Å². The van der Waals surface area contributed by atoms with Gasteiger partial charge in [0.05, 0.1) is 6.42 Å². The number of rotatable bonds is 5. The number of urea groups is 1. The molecule has 104 valence electrons. The highest BCUT2D eigenvalue weighted by Gasteiger charge is 2.18. The first-order valence-electron chi connectivity index (χ1n) is 6.26. The zero-order chi connectivity index (χ0) is 14.4. The Bertz CT molecular complexity index is 460. The van der Waals surface area contributed by atoms with Crippen molar-refractivity contribution in [3.8, 4) is 0 Å². The van der Waals surface area contributed by atoms with Gasteiger partial charge in [-0.1, -0.05) is 12.1 Å². The van der Waals surface area contributed by atoms with Crippen LogP contribution < -0.4 is 4.90 Å². The molecule has 0 fully saturated rings. The summed E-state index contributed by atoms with van der Waals surface area (Å²) in [5.41, 5.74) is 1.88. The molecule has 1 N–H and O–H groups in total. The van der Waals surface area contributed by atoms with Gasteiger partial charge in [-0.05, 0) is 31.5 Å². The lowest BCUT2D eigenvalue weighted by molar-refractivity contribution is -0.137. The lowest BCUT2D eigenvalue weighted by Gasteiger charge is -2.27. The minimum Gasteiger partial charge on any atom is -0.481 e. The molecule has 0 aliphatic heterocycles. The number of carboxylic acid groups (broad SMARTS) is 1. The van der Waals surface area contributed by atoms with E-state index in [0.29, 0.717) is 6.54 Å². The Morgan fingerprint density at radius 3 is 2.53 bits per heavy atom. The molecular weight excluding hydrogens is 244 g/mol. The van der Waals surface area contributed by atoms with E-state index in [4.69, 9.17) is 5.11 Å². The largest absolute Gasteiger partial charge is 0.481 e. The van der Waals surface area contributed by atoms with Crippen molar-refractivity contribution in [3.05, 3.63) is 29.8 Å². The molecule has 19 heavy (non-hydrogen) atoms. The number of hydrogen-bond acceptors (Lipinski definition) is 2. The van der Waals surface area contributed by atoms with Crippen LogP contribution >= 0.6 is 0 Å². The van der Waals surface area contributed by atoms with E-state index >= 15 is 0 Å². The molecule has 0 heterocycles. The Morgan fingerprint density at radius 2 is 2.00 bits per heavy atom. The van der Waals surface area contributed by atoms with Crippen LogP contribution in [0.25, 0.3) is 0 Å². The SMILES string of the molecule is CCN(CCC(=O)O)C(=O)N(C)c1cccc(C)c1. The van der Waals surface area contributed by atoms with Gasteiger partial charge >= 0.3 is 12.0 Å². The molecule has 1 rings (SSSR count). The van der Waals surface area contributed by atoms with Crippen LogP contribution in [0, 0.1) is 6.92 Å². The Balaban J connectivity index is 2.76. The average molecular weight is 264 g/mol. The van der Waals surface area contributed by atoms with Crippen molar-refractivity contribution >= 4 is 17.7 Å². The lowest BCUT2D eigenvalue weighted by Crippen LogP contribution is -2.42. The number of amides is 2. The fourth-order valence-electron chi connectivity index (χ4n) is 1.78. The van der Waals surface area contributed by atoms with Crippen LogP contribution in [0.1, 0.15) is 18.9 Å². The van der Waals surface area contributed by atoms with Crippen LogP contribution in [0.15, 0.2) is 24.3 Å². The molecule has 0 aliphatic rings. The third kappa shape index (κ3) is 4.28. The van der Waals surface area contributed by atoms with Gasteiger partial charge in [0, 0.05) is 25.8 Å². The van der Waals surface area contributed by atoms with Crippen molar-refractivity contribution in [1.29, 1.82) is 0 Å². The minimum absolute atomic E-state index is 0.0404. The molecule has 0 saturated heterocycles. The first-order valence-corrected chi connectivity index (χ1v) is 6.26. The van der Waals surface area contributed by atoms with Gasteiger partial charge in [-0.15, -0.1) is 0 Å². The number of carbonyl (C=O) groups is 2. The van der Waals surface area contributed by atoms with E-state index in [1.807, 2.05) is 38.1 Å². The molecule has 2 amide bonds. The van der Waals surface area contributed by atoms with E-state index in [1.165, 1.54) is 4.90 Å². The second kappa shape index (κ2) is 6.78. The van der Waals surface area contributed by atoms with E-state index in [9.17, 15) is 9.59 Å². The third-order valence-electron chi connectivity index (χ3n) is 2.92. The summed E-state index contributed by atoms with van der Waals surface area (Å²) in [5.74, 6) is -0.899. The highest BCUT2D eigenvalue weighted by molar-refractivity contribution is 5.91. The predicted molar refractivity (Wildman–Crippen MR) is 74.5 cm³/mol. The number of aryl methyl sites for hydroxylation is 1. The molecule has 0 saturated carbocycles. The normalized spacial score (nSPS) is 10.1.